The molecule has 1 heterocycles. The first-order valence-electron chi connectivity index (χ1n) is 3.95. The maximum atomic E-state index is 5.29. The van der Waals surface area contributed by atoms with E-state index in [1.807, 2.05) is 36.6 Å². The van der Waals surface area contributed by atoms with E-state index in [1.165, 1.54) is 12.0 Å². The van der Waals surface area contributed by atoms with E-state index in [0.29, 0.717) is 0 Å². The van der Waals surface area contributed by atoms with Gasteiger partial charge in [0.2, 0.25) is 0 Å². The molecule has 2 nitrogen and oxygen atoms in total. The Labute approximate surface area is 81.1 Å². The number of aromatic nitrogens is 1. The van der Waals surface area contributed by atoms with Crippen molar-refractivity contribution in [2.75, 3.05) is 6.26 Å². The summed E-state index contributed by atoms with van der Waals surface area (Å²) in [7, 11) is 0. The minimum Gasteiger partial charge on any atom is -0.426 e. The minimum absolute atomic E-state index is 0.846. The van der Waals surface area contributed by atoms with Gasteiger partial charge in [-0.15, -0.1) is 0 Å². The molecule has 0 aliphatic heterocycles. The smallest absolute Gasteiger partial charge is 0.139 e. The first kappa shape index (κ1) is 8.38. The van der Waals surface area contributed by atoms with Gasteiger partial charge in [-0.1, -0.05) is 6.07 Å². The highest BCUT2D eigenvalue weighted by atomic mass is 32.2. The fourth-order valence-electron chi connectivity index (χ4n) is 1.19. The van der Waals surface area contributed by atoms with Gasteiger partial charge >= 0.3 is 0 Å². The van der Waals surface area contributed by atoms with Crippen LogP contribution in [0.5, 0.6) is 5.75 Å². The summed E-state index contributed by atoms with van der Waals surface area (Å²) in [6.07, 6.45) is 3.67. The Hall–Kier alpha value is -1.22. The predicted octanol–water partition coefficient (Wildman–Crippen LogP) is 2.89. The number of fused-ring (bicyclic) bond motifs is 1. The molecule has 2 rings (SSSR count). The molecule has 0 radical (unpaired) electrons. The lowest BCUT2D eigenvalue weighted by Crippen LogP contribution is -1.81. The number of pyridine rings is 1. The predicted molar refractivity (Wildman–Crippen MR) is 55.9 cm³/mol. The van der Waals surface area contributed by atoms with Crippen molar-refractivity contribution in [3.05, 3.63) is 36.5 Å². The molecule has 1 aromatic heterocycles. The third-order valence-corrected chi connectivity index (χ3v) is 2.12. The van der Waals surface area contributed by atoms with Crippen LogP contribution < -0.4 is 4.18 Å². The molecule has 0 atom stereocenters. The molecule has 0 aliphatic carbocycles. The van der Waals surface area contributed by atoms with Crippen molar-refractivity contribution in [2.45, 2.75) is 0 Å². The van der Waals surface area contributed by atoms with Crippen LogP contribution in [0, 0.1) is 0 Å². The van der Waals surface area contributed by atoms with Crippen molar-refractivity contribution in [1.82, 2.24) is 4.98 Å². The van der Waals surface area contributed by atoms with E-state index in [-0.39, 0.29) is 0 Å². The van der Waals surface area contributed by atoms with Crippen LogP contribution in [0.15, 0.2) is 36.5 Å². The maximum absolute atomic E-state index is 5.29. The average molecular weight is 191 g/mol. The van der Waals surface area contributed by atoms with Gasteiger partial charge in [-0.05, 0) is 18.2 Å². The fourth-order valence-corrected chi connectivity index (χ4v) is 1.49. The second-order valence-electron chi connectivity index (χ2n) is 2.61. The number of rotatable bonds is 2. The zero-order valence-corrected chi connectivity index (χ0v) is 8.04. The van der Waals surface area contributed by atoms with Crippen LogP contribution in [-0.4, -0.2) is 11.2 Å². The molecular formula is C10H9NOS. The van der Waals surface area contributed by atoms with Crippen molar-refractivity contribution < 1.29 is 4.18 Å². The zero-order valence-electron chi connectivity index (χ0n) is 7.23. The van der Waals surface area contributed by atoms with Crippen molar-refractivity contribution in [2.24, 2.45) is 0 Å². The van der Waals surface area contributed by atoms with Gasteiger partial charge in [-0.25, -0.2) is 0 Å². The standard InChI is InChI=1S/C10H9NOS/c1-13-12-9-5-4-8-3-2-6-11-10(8)7-9/h2-7H,1H3. The molecule has 0 saturated carbocycles. The first-order valence-corrected chi connectivity index (χ1v) is 5.10. The molecule has 0 spiro atoms. The molecule has 1 aromatic carbocycles. The molecule has 0 amide bonds. The third-order valence-electron chi connectivity index (χ3n) is 1.76. The molecule has 0 unspecified atom stereocenters. The van der Waals surface area contributed by atoms with E-state index in [1.54, 1.807) is 6.20 Å². The van der Waals surface area contributed by atoms with E-state index in [2.05, 4.69) is 4.98 Å². The van der Waals surface area contributed by atoms with Gasteiger partial charge in [0, 0.05) is 23.9 Å². The van der Waals surface area contributed by atoms with Gasteiger partial charge < -0.3 is 4.18 Å². The fraction of sp³-hybridized carbons (Fsp3) is 0.100. The van der Waals surface area contributed by atoms with Crippen molar-refractivity contribution in [3.8, 4) is 5.75 Å². The van der Waals surface area contributed by atoms with E-state index >= 15 is 0 Å². The summed E-state index contributed by atoms with van der Waals surface area (Å²) in [6, 6.07) is 9.85. The Morgan fingerprint density at radius 2 is 2.23 bits per heavy atom. The zero-order chi connectivity index (χ0) is 9.10. The summed E-state index contributed by atoms with van der Waals surface area (Å²) < 4.78 is 5.29. The molecule has 66 valence electrons. The van der Waals surface area contributed by atoms with Crippen LogP contribution in [0.4, 0.5) is 0 Å². The van der Waals surface area contributed by atoms with Crippen LogP contribution in [0.1, 0.15) is 0 Å². The largest absolute Gasteiger partial charge is 0.426 e. The summed E-state index contributed by atoms with van der Waals surface area (Å²) in [6.45, 7) is 0. The van der Waals surface area contributed by atoms with Gasteiger partial charge in [0.15, 0.2) is 0 Å². The van der Waals surface area contributed by atoms with E-state index in [4.69, 9.17) is 4.18 Å². The Kier molecular flexibility index (Phi) is 2.36. The summed E-state index contributed by atoms with van der Waals surface area (Å²) >= 11 is 1.34. The Balaban J connectivity index is 2.49. The van der Waals surface area contributed by atoms with Gasteiger partial charge in [-0.2, -0.15) is 0 Å². The first-order chi connectivity index (χ1) is 6.40. The summed E-state index contributed by atoms with van der Waals surface area (Å²) in [5.41, 5.74) is 0.967. The van der Waals surface area contributed by atoms with Crippen molar-refractivity contribution in [1.29, 1.82) is 0 Å². The van der Waals surface area contributed by atoms with E-state index in [9.17, 15) is 0 Å². The lowest BCUT2D eigenvalue weighted by Gasteiger charge is -2.01. The monoisotopic (exact) mass is 191 g/mol. The number of benzene rings is 1. The molecular weight excluding hydrogens is 182 g/mol. The second-order valence-corrected chi connectivity index (χ2v) is 3.11. The SMILES string of the molecule is CSOc1ccc2cccnc2c1. The number of hydrogen-bond acceptors (Lipinski definition) is 3. The van der Waals surface area contributed by atoms with Crippen molar-refractivity contribution in [3.63, 3.8) is 0 Å². The van der Waals surface area contributed by atoms with Gasteiger partial charge in [0.05, 0.1) is 17.6 Å². The highest BCUT2D eigenvalue weighted by Gasteiger charge is 1.96. The second kappa shape index (κ2) is 3.66. The summed E-state index contributed by atoms with van der Waals surface area (Å²) in [4.78, 5) is 4.23. The Bertz CT molecular complexity index is 416. The lowest BCUT2D eigenvalue weighted by molar-refractivity contribution is 0.651. The molecule has 13 heavy (non-hydrogen) atoms. The number of nitrogens with zero attached hydrogens (tertiary/aromatic N) is 1. The molecule has 0 saturated heterocycles. The summed E-state index contributed by atoms with van der Waals surface area (Å²) in [5.74, 6) is 0.846. The van der Waals surface area contributed by atoms with Crippen LogP contribution in [-0.2, 0) is 0 Å². The molecule has 2 aromatic rings. The van der Waals surface area contributed by atoms with Crippen LogP contribution in [0.25, 0.3) is 10.9 Å². The van der Waals surface area contributed by atoms with Crippen molar-refractivity contribution >= 4 is 22.9 Å². The van der Waals surface area contributed by atoms with Gasteiger partial charge in [0.1, 0.15) is 5.75 Å². The molecule has 0 bridgehead atoms. The summed E-state index contributed by atoms with van der Waals surface area (Å²) in [5, 5.41) is 1.14. The molecule has 3 heteroatoms. The Morgan fingerprint density at radius 3 is 3.08 bits per heavy atom. The topological polar surface area (TPSA) is 22.1 Å². The highest BCUT2D eigenvalue weighted by Crippen LogP contribution is 2.20. The van der Waals surface area contributed by atoms with E-state index < -0.39 is 0 Å². The average Bonchev–Trinajstić information content (AvgIpc) is 2.18. The normalized spacial score (nSPS) is 10.2. The van der Waals surface area contributed by atoms with Gasteiger partial charge in [0.25, 0.3) is 0 Å². The molecule has 0 fully saturated rings. The third kappa shape index (κ3) is 1.75. The van der Waals surface area contributed by atoms with Crippen LogP contribution in [0.2, 0.25) is 0 Å². The van der Waals surface area contributed by atoms with Crippen LogP contribution in [0.3, 0.4) is 0 Å². The highest BCUT2D eigenvalue weighted by molar-refractivity contribution is 7.94. The number of hydrogen-bond donors (Lipinski definition) is 0. The van der Waals surface area contributed by atoms with E-state index in [0.717, 1.165) is 16.7 Å². The quantitative estimate of drug-likeness (QED) is 0.681. The Morgan fingerprint density at radius 1 is 1.31 bits per heavy atom. The minimum atomic E-state index is 0.846. The maximum Gasteiger partial charge on any atom is 0.139 e. The molecule has 0 N–H and O–H groups in total. The van der Waals surface area contributed by atoms with Gasteiger partial charge in [-0.3, -0.25) is 4.98 Å². The van der Waals surface area contributed by atoms with Crippen LogP contribution >= 0.6 is 12.0 Å². The lowest BCUT2D eigenvalue weighted by atomic mass is 10.2. The molecule has 0 aliphatic rings.